The summed E-state index contributed by atoms with van der Waals surface area (Å²) < 4.78 is 24.8. The Morgan fingerprint density at radius 2 is 1.93 bits per heavy atom. The SMILES string of the molecule is Cc1cc(/C=C(/C#N)C(=O)Nc2nnc(S(C)(=O)=O)s2)c(C)n1-c1ccc(Cl)cc1. The Balaban J connectivity index is 1.90. The van der Waals surface area contributed by atoms with Crippen LogP contribution in [0.5, 0.6) is 0 Å². The third-order valence-electron chi connectivity index (χ3n) is 4.16. The zero-order valence-electron chi connectivity index (χ0n) is 16.2. The molecule has 3 rings (SSSR count). The van der Waals surface area contributed by atoms with Gasteiger partial charge in [-0.1, -0.05) is 22.9 Å². The van der Waals surface area contributed by atoms with Gasteiger partial charge in [0.2, 0.25) is 19.3 Å². The number of benzene rings is 1. The van der Waals surface area contributed by atoms with Crippen molar-refractivity contribution in [2.24, 2.45) is 0 Å². The molecule has 0 aliphatic heterocycles. The van der Waals surface area contributed by atoms with Crippen molar-refractivity contribution in [3.8, 4) is 11.8 Å². The second-order valence-electron chi connectivity index (χ2n) is 6.41. The van der Waals surface area contributed by atoms with Crippen LogP contribution < -0.4 is 5.32 Å². The number of sulfone groups is 1. The van der Waals surface area contributed by atoms with Crippen molar-refractivity contribution in [2.45, 2.75) is 18.2 Å². The van der Waals surface area contributed by atoms with E-state index in [1.54, 1.807) is 12.1 Å². The van der Waals surface area contributed by atoms with E-state index >= 15 is 0 Å². The fraction of sp³-hybridized carbons (Fsp3) is 0.158. The highest BCUT2D eigenvalue weighted by molar-refractivity contribution is 7.92. The van der Waals surface area contributed by atoms with E-state index in [2.05, 4.69) is 15.5 Å². The van der Waals surface area contributed by atoms with Crippen LogP contribution in [-0.2, 0) is 14.6 Å². The number of amides is 1. The van der Waals surface area contributed by atoms with Crippen molar-refractivity contribution in [1.29, 1.82) is 5.26 Å². The number of halogens is 1. The maximum Gasteiger partial charge on any atom is 0.268 e. The van der Waals surface area contributed by atoms with Gasteiger partial charge in [0, 0.05) is 28.4 Å². The van der Waals surface area contributed by atoms with Gasteiger partial charge in [0.05, 0.1) is 0 Å². The maximum absolute atomic E-state index is 12.5. The average molecular weight is 462 g/mol. The monoisotopic (exact) mass is 461 g/mol. The number of rotatable bonds is 5. The van der Waals surface area contributed by atoms with Crippen LogP contribution in [0.15, 0.2) is 40.2 Å². The summed E-state index contributed by atoms with van der Waals surface area (Å²) in [5.74, 6) is -0.704. The van der Waals surface area contributed by atoms with E-state index in [1.807, 2.05) is 42.7 Å². The number of aryl methyl sites for hydroxylation is 1. The van der Waals surface area contributed by atoms with Crippen LogP contribution in [0.1, 0.15) is 17.0 Å². The average Bonchev–Trinajstić information content (AvgIpc) is 3.25. The van der Waals surface area contributed by atoms with Crippen molar-refractivity contribution in [2.75, 3.05) is 11.6 Å². The Labute approximate surface area is 182 Å². The van der Waals surface area contributed by atoms with Crippen LogP contribution in [0.3, 0.4) is 0 Å². The standard InChI is InChI=1S/C19H16ClN5O3S2/c1-11-8-13(12(2)25(11)16-6-4-15(20)5-7-16)9-14(10-21)17(26)22-18-23-24-19(29-18)30(3,27)28/h4-9H,1-3H3,(H,22,23,26)/b14-9-. The minimum atomic E-state index is -3.53. The highest BCUT2D eigenvalue weighted by Crippen LogP contribution is 2.25. The summed E-state index contributed by atoms with van der Waals surface area (Å²) in [5.41, 5.74) is 3.20. The molecule has 0 fully saturated rings. The quantitative estimate of drug-likeness (QED) is 0.352. The first-order valence-electron chi connectivity index (χ1n) is 8.51. The Kier molecular flexibility index (Phi) is 6.07. The summed E-state index contributed by atoms with van der Waals surface area (Å²) in [5, 5.41) is 19.7. The number of nitriles is 1. The van der Waals surface area contributed by atoms with E-state index in [1.165, 1.54) is 6.08 Å². The first kappa shape index (κ1) is 21.7. The van der Waals surface area contributed by atoms with Gasteiger partial charge < -0.3 is 4.57 Å². The van der Waals surface area contributed by atoms with Gasteiger partial charge in [0.15, 0.2) is 0 Å². The molecule has 11 heteroatoms. The molecule has 2 heterocycles. The summed E-state index contributed by atoms with van der Waals surface area (Å²) in [7, 11) is -3.53. The number of carbonyl (C=O) groups excluding carboxylic acids is 1. The van der Waals surface area contributed by atoms with Gasteiger partial charge in [-0.25, -0.2) is 8.42 Å². The Hall–Kier alpha value is -3.00. The van der Waals surface area contributed by atoms with Crippen LogP contribution in [0.25, 0.3) is 11.8 Å². The van der Waals surface area contributed by atoms with E-state index in [-0.39, 0.29) is 15.0 Å². The number of aromatic nitrogens is 3. The molecule has 8 nitrogen and oxygen atoms in total. The minimum absolute atomic E-state index is 0.00629. The van der Waals surface area contributed by atoms with E-state index in [0.717, 1.165) is 23.3 Å². The first-order valence-corrected chi connectivity index (χ1v) is 11.6. The molecule has 0 aliphatic carbocycles. The molecule has 1 aromatic carbocycles. The number of nitrogens with zero attached hydrogens (tertiary/aromatic N) is 4. The number of nitrogens with one attached hydrogen (secondary N) is 1. The summed E-state index contributed by atoms with van der Waals surface area (Å²) in [6, 6.07) is 11.1. The van der Waals surface area contributed by atoms with E-state index < -0.39 is 15.7 Å². The van der Waals surface area contributed by atoms with Gasteiger partial charge in [-0.2, -0.15) is 5.26 Å². The molecule has 0 aliphatic rings. The zero-order chi connectivity index (χ0) is 22.1. The van der Waals surface area contributed by atoms with Crippen LogP contribution in [0.4, 0.5) is 5.13 Å². The molecule has 0 saturated carbocycles. The molecule has 30 heavy (non-hydrogen) atoms. The van der Waals surface area contributed by atoms with Crippen molar-refractivity contribution < 1.29 is 13.2 Å². The Morgan fingerprint density at radius 1 is 1.27 bits per heavy atom. The van der Waals surface area contributed by atoms with Gasteiger partial charge >= 0.3 is 0 Å². The van der Waals surface area contributed by atoms with Crippen LogP contribution in [0.2, 0.25) is 5.02 Å². The third-order valence-corrected chi connectivity index (χ3v) is 6.92. The molecule has 1 N–H and O–H groups in total. The molecule has 0 atom stereocenters. The molecule has 0 bridgehead atoms. The largest absolute Gasteiger partial charge is 0.318 e. The summed E-state index contributed by atoms with van der Waals surface area (Å²) in [6.45, 7) is 3.79. The van der Waals surface area contributed by atoms with E-state index in [0.29, 0.717) is 21.9 Å². The predicted molar refractivity (Wildman–Crippen MR) is 115 cm³/mol. The fourth-order valence-corrected chi connectivity index (χ4v) is 4.43. The van der Waals surface area contributed by atoms with Crippen molar-refractivity contribution in [1.82, 2.24) is 14.8 Å². The first-order chi connectivity index (χ1) is 14.1. The van der Waals surface area contributed by atoms with Crippen LogP contribution in [0, 0.1) is 25.2 Å². The van der Waals surface area contributed by atoms with Gasteiger partial charge in [0.1, 0.15) is 11.6 Å². The van der Waals surface area contributed by atoms with Gasteiger partial charge in [-0.15, -0.1) is 10.2 Å². The second-order valence-corrected chi connectivity index (χ2v) is 10.0. The molecule has 1 amide bonds. The molecule has 154 valence electrons. The van der Waals surface area contributed by atoms with E-state index in [9.17, 15) is 18.5 Å². The van der Waals surface area contributed by atoms with Gasteiger partial charge in [-0.3, -0.25) is 10.1 Å². The molecule has 0 radical (unpaired) electrons. The zero-order valence-corrected chi connectivity index (χ0v) is 18.6. The topological polar surface area (TPSA) is 118 Å². The van der Waals surface area contributed by atoms with Crippen molar-refractivity contribution in [3.63, 3.8) is 0 Å². The summed E-state index contributed by atoms with van der Waals surface area (Å²) in [6.07, 6.45) is 2.47. The summed E-state index contributed by atoms with van der Waals surface area (Å²) in [4.78, 5) is 12.5. The molecule has 0 unspecified atom stereocenters. The molecule has 0 saturated heterocycles. The van der Waals surface area contributed by atoms with Crippen LogP contribution in [-0.4, -0.2) is 35.3 Å². The van der Waals surface area contributed by atoms with Crippen molar-refractivity contribution in [3.05, 3.63) is 57.9 Å². The number of anilines is 1. The Morgan fingerprint density at radius 3 is 2.50 bits per heavy atom. The third kappa shape index (κ3) is 4.59. The lowest BCUT2D eigenvalue weighted by Gasteiger charge is -2.09. The highest BCUT2D eigenvalue weighted by Gasteiger charge is 2.18. The Bertz CT molecular complexity index is 1300. The lowest BCUT2D eigenvalue weighted by atomic mass is 10.1. The highest BCUT2D eigenvalue weighted by atomic mass is 35.5. The molecule has 3 aromatic rings. The number of hydrogen-bond acceptors (Lipinski definition) is 7. The minimum Gasteiger partial charge on any atom is -0.318 e. The lowest BCUT2D eigenvalue weighted by Crippen LogP contribution is -2.13. The number of carbonyl (C=O) groups is 1. The normalized spacial score (nSPS) is 11.9. The molecular weight excluding hydrogens is 446 g/mol. The second kappa shape index (κ2) is 8.39. The summed E-state index contributed by atoms with van der Waals surface area (Å²) >= 11 is 6.67. The molecule has 2 aromatic heterocycles. The predicted octanol–water partition coefficient (Wildman–Crippen LogP) is 3.55. The van der Waals surface area contributed by atoms with Gasteiger partial charge in [-0.05, 0) is 55.8 Å². The number of hydrogen-bond donors (Lipinski definition) is 1. The fourth-order valence-electron chi connectivity index (χ4n) is 2.80. The lowest BCUT2D eigenvalue weighted by molar-refractivity contribution is -0.112. The van der Waals surface area contributed by atoms with Crippen LogP contribution >= 0.6 is 22.9 Å². The van der Waals surface area contributed by atoms with E-state index in [4.69, 9.17) is 11.6 Å². The molecular formula is C19H16ClN5O3S2. The van der Waals surface area contributed by atoms with Crippen molar-refractivity contribution >= 4 is 49.9 Å². The van der Waals surface area contributed by atoms with Gasteiger partial charge in [0.25, 0.3) is 5.91 Å². The molecule has 0 spiro atoms. The maximum atomic E-state index is 12.5. The smallest absolute Gasteiger partial charge is 0.268 e.